The highest BCUT2D eigenvalue weighted by molar-refractivity contribution is 5.78. The predicted octanol–water partition coefficient (Wildman–Crippen LogP) is 2.09. The maximum atomic E-state index is 4.31. The highest BCUT2D eigenvalue weighted by Crippen LogP contribution is 2.21. The zero-order chi connectivity index (χ0) is 9.42. The van der Waals surface area contributed by atoms with Crippen LogP contribution in [0.15, 0.2) is 18.6 Å². The number of fused-ring (bicyclic) bond motifs is 1. The molecule has 0 amide bonds. The standard InChI is InChI=1S/C10H13N3/c1-7(2)9-10-8(11-6-12-9)4-5-13(10)3/h4-7H,1-3H3. The molecule has 2 aromatic heterocycles. The lowest BCUT2D eigenvalue weighted by atomic mass is 10.1. The van der Waals surface area contributed by atoms with Crippen molar-refractivity contribution in [3.05, 3.63) is 24.3 Å². The smallest absolute Gasteiger partial charge is 0.116 e. The van der Waals surface area contributed by atoms with Crippen molar-refractivity contribution in [1.29, 1.82) is 0 Å². The molecule has 0 atom stereocenters. The third-order valence-electron chi connectivity index (χ3n) is 2.23. The second-order valence-electron chi connectivity index (χ2n) is 3.57. The molecule has 0 aliphatic heterocycles. The van der Waals surface area contributed by atoms with Crippen LogP contribution in [0.5, 0.6) is 0 Å². The second-order valence-corrected chi connectivity index (χ2v) is 3.57. The maximum Gasteiger partial charge on any atom is 0.116 e. The van der Waals surface area contributed by atoms with Crippen molar-refractivity contribution in [1.82, 2.24) is 14.5 Å². The third-order valence-corrected chi connectivity index (χ3v) is 2.23. The Bertz CT molecular complexity index is 429. The molecule has 0 aliphatic carbocycles. The molecule has 3 nitrogen and oxygen atoms in total. The Hall–Kier alpha value is -1.38. The zero-order valence-corrected chi connectivity index (χ0v) is 8.15. The fourth-order valence-corrected chi connectivity index (χ4v) is 1.57. The predicted molar refractivity (Wildman–Crippen MR) is 52.6 cm³/mol. The number of aryl methyl sites for hydroxylation is 1. The van der Waals surface area contributed by atoms with E-state index in [2.05, 4.69) is 28.4 Å². The van der Waals surface area contributed by atoms with E-state index in [4.69, 9.17) is 0 Å². The minimum atomic E-state index is 0.444. The molecule has 2 aromatic rings. The summed E-state index contributed by atoms with van der Waals surface area (Å²) in [5.74, 6) is 0.444. The second kappa shape index (κ2) is 2.83. The summed E-state index contributed by atoms with van der Waals surface area (Å²) in [6, 6.07) is 2.02. The van der Waals surface area contributed by atoms with Crippen LogP contribution in [0.2, 0.25) is 0 Å². The van der Waals surface area contributed by atoms with Crippen LogP contribution in [0.4, 0.5) is 0 Å². The lowest BCUT2D eigenvalue weighted by Crippen LogP contribution is -1.98. The van der Waals surface area contributed by atoms with E-state index in [1.54, 1.807) is 6.33 Å². The maximum absolute atomic E-state index is 4.31. The van der Waals surface area contributed by atoms with Gasteiger partial charge in [0, 0.05) is 13.2 Å². The minimum Gasteiger partial charge on any atom is -0.348 e. The lowest BCUT2D eigenvalue weighted by Gasteiger charge is -2.06. The van der Waals surface area contributed by atoms with E-state index in [9.17, 15) is 0 Å². The summed E-state index contributed by atoms with van der Waals surface area (Å²) >= 11 is 0. The molecule has 0 N–H and O–H groups in total. The van der Waals surface area contributed by atoms with Gasteiger partial charge < -0.3 is 4.57 Å². The van der Waals surface area contributed by atoms with Crippen molar-refractivity contribution in [2.45, 2.75) is 19.8 Å². The van der Waals surface area contributed by atoms with Crippen LogP contribution in [0.1, 0.15) is 25.5 Å². The van der Waals surface area contributed by atoms with Crippen molar-refractivity contribution in [3.63, 3.8) is 0 Å². The molecule has 2 heterocycles. The summed E-state index contributed by atoms with van der Waals surface area (Å²) in [4.78, 5) is 8.52. The first-order valence-electron chi connectivity index (χ1n) is 4.46. The van der Waals surface area contributed by atoms with Gasteiger partial charge in [-0.05, 0) is 12.0 Å². The van der Waals surface area contributed by atoms with Gasteiger partial charge in [-0.1, -0.05) is 13.8 Å². The van der Waals surface area contributed by atoms with Crippen molar-refractivity contribution in [3.8, 4) is 0 Å². The minimum absolute atomic E-state index is 0.444. The normalized spacial score (nSPS) is 11.4. The van der Waals surface area contributed by atoms with Crippen LogP contribution in [0.3, 0.4) is 0 Å². The van der Waals surface area contributed by atoms with Gasteiger partial charge in [-0.25, -0.2) is 9.97 Å². The molecule has 0 fully saturated rings. The van der Waals surface area contributed by atoms with E-state index in [0.29, 0.717) is 5.92 Å². The van der Waals surface area contributed by atoms with Crippen LogP contribution < -0.4 is 0 Å². The molecule has 0 bridgehead atoms. The molecule has 0 radical (unpaired) electrons. The van der Waals surface area contributed by atoms with Crippen molar-refractivity contribution >= 4 is 11.0 Å². The Morgan fingerprint density at radius 3 is 2.77 bits per heavy atom. The molecule has 0 saturated heterocycles. The van der Waals surface area contributed by atoms with Crippen LogP contribution in [-0.4, -0.2) is 14.5 Å². The van der Waals surface area contributed by atoms with E-state index in [0.717, 1.165) is 16.7 Å². The highest BCUT2D eigenvalue weighted by Gasteiger charge is 2.09. The highest BCUT2D eigenvalue weighted by atomic mass is 15.0. The van der Waals surface area contributed by atoms with Gasteiger partial charge in [0.05, 0.1) is 16.7 Å². The van der Waals surface area contributed by atoms with Crippen LogP contribution in [0.25, 0.3) is 11.0 Å². The van der Waals surface area contributed by atoms with Crippen LogP contribution in [0, 0.1) is 0 Å². The van der Waals surface area contributed by atoms with Gasteiger partial charge in [0.25, 0.3) is 0 Å². The average molecular weight is 175 g/mol. The van der Waals surface area contributed by atoms with Crippen molar-refractivity contribution in [2.75, 3.05) is 0 Å². The first-order valence-corrected chi connectivity index (χ1v) is 4.46. The number of rotatable bonds is 1. The Labute approximate surface area is 77.4 Å². The topological polar surface area (TPSA) is 30.7 Å². The first-order chi connectivity index (χ1) is 6.20. The monoisotopic (exact) mass is 175 g/mol. The summed E-state index contributed by atoms with van der Waals surface area (Å²) in [6.45, 7) is 4.30. The molecule has 13 heavy (non-hydrogen) atoms. The van der Waals surface area contributed by atoms with Gasteiger partial charge in [-0.2, -0.15) is 0 Å². The molecule has 3 heteroatoms. The Morgan fingerprint density at radius 2 is 2.08 bits per heavy atom. The average Bonchev–Trinajstić information content (AvgIpc) is 2.48. The van der Waals surface area contributed by atoms with Crippen LogP contribution >= 0.6 is 0 Å². The Morgan fingerprint density at radius 1 is 1.31 bits per heavy atom. The van der Waals surface area contributed by atoms with Gasteiger partial charge in [-0.3, -0.25) is 0 Å². The molecule has 0 aliphatic rings. The molecular formula is C10H13N3. The zero-order valence-electron chi connectivity index (χ0n) is 8.15. The molecule has 0 unspecified atom stereocenters. The lowest BCUT2D eigenvalue weighted by molar-refractivity contribution is 0.812. The molecule has 68 valence electrons. The summed E-state index contributed by atoms with van der Waals surface area (Å²) in [5.41, 5.74) is 3.30. The fraction of sp³-hybridized carbons (Fsp3) is 0.400. The van der Waals surface area contributed by atoms with E-state index >= 15 is 0 Å². The van der Waals surface area contributed by atoms with E-state index in [1.165, 1.54) is 0 Å². The van der Waals surface area contributed by atoms with E-state index < -0.39 is 0 Å². The summed E-state index contributed by atoms with van der Waals surface area (Å²) in [6.07, 6.45) is 3.66. The number of hydrogen-bond donors (Lipinski definition) is 0. The Kier molecular flexibility index (Phi) is 1.79. The van der Waals surface area contributed by atoms with E-state index in [-0.39, 0.29) is 0 Å². The number of hydrogen-bond acceptors (Lipinski definition) is 2. The summed E-state index contributed by atoms with van der Waals surface area (Å²) in [7, 11) is 2.03. The summed E-state index contributed by atoms with van der Waals surface area (Å²) in [5, 5.41) is 0. The molecular weight excluding hydrogens is 162 g/mol. The molecule has 0 saturated carbocycles. The molecule has 0 spiro atoms. The first kappa shape index (κ1) is 8.23. The van der Waals surface area contributed by atoms with Crippen LogP contribution in [-0.2, 0) is 7.05 Å². The van der Waals surface area contributed by atoms with Gasteiger partial charge in [-0.15, -0.1) is 0 Å². The largest absolute Gasteiger partial charge is 0.348 e. The molecule has 2 rings (SSSR count). The van der Waals surface area contributed by atoms with Gasteiger partial charge >= 0.3 is 0 Å². The van der Waals surface area contributed by atoms with Gasteiger partial charge in [0.15, 0.2) is 0 Å². The van der Waals surface area contributed by atoms with Gasteiger partial charge in [0.1, 0.15) is 6.33 Å². The number of aromatic nitrogens is 3. The summed E-state index contributed by atoms with van der Waals surface area (Å²) < 4.78 is 2.07. The quantitative estimate of drug-likeness (QED) is 0.664. The fourth-order valence-electron chi connectivity index (χ4n) is 1.57. The Balaban J connectivity index is 2.80. The SMILES string of the molecule is CC(C)c1ncnc2ccn(C)c12. The van der Waals surface area contributed by atoms with Gasteiger partial charge in [0.2, 0.25) is 0 Å². The van der Waals surface area contributed by atoms with Crippen molar-refractivity contribution < 1.29 is 0 Å². The van der Waals surface area contributed by atoms with E-state index in [1.807, 2.05) is 19.3 Å². The molecule has 0 aromatic carbocycles. The third kappa shape index (κ3) is 1.20. The van der Waals surface area contributed by atoms with Crippen molar-refractivity contribution in [2.24, 2.45) is 7.05 Å². The number of nitrogens with zero attached hydrogens (tertiary/aromatic N) is 3.